The van der Waals surface area contributed by atoms with Gasteiger partial charge in [-0.1, -0.05) is 13.8 Å². The van der Waals surface area contributed by atoms with Gasteiger partial charge in [0.05, 0.1) is 6.54 Å². The molecule has 3 N–H and O–H groups in total. The number of fused-ring (bicyclic) bond motifs is 1. The van der Waals surface area contributed by atoms with E-state index in [1.54, 1.807) is 6.07 Å². The zero-order chi connectivity index (χ0) is 16.8. The normalized spacial score (nSPS) is 13.7. The van der Waals surface area contributed by atoms with Crippen LogP contribution in [0, 0.1) is 5.92 Å². The van der Waals surface area contributed by atoms with Crippen molar-refractivity contribution in [3.05, 3.63) is 17.7 Å². The number of nitrogens with zero attached hydrogens (tertiary/aromatic N) is 1. The summed E-state index contributed by atoms with van der Waals surface area (Å²) in [5, 5.41) is 2.98. The lowest BCUT2D eigenvalue weighted by Gasteiger charge is -2.11. The van der Waals surface area contributed by atoms with E-state index in [1.165, 1.54) is 6.07 Å². The lowest BCUT2D eigenvalue weighted by atomic mass is 10.1. The molecule has 1 heterocycles. The number of guanidine groups is 1. The predicted molar refractivity (Wildman–Crippen MR) is 82.0 cm³/mol. The van der Waals surface area contributed by atoms with Crippen molar-refractivity contribution in [2.24, 2.45) is 16.6 Å². The van der Waals surface area contributed by atoms with Crippen molar-refractivity contribution in [2.75, 3.05) is 13.3 Å². The molecule has 1 aliphatic rings. The first-order chi connectivity index (χ1) is 11.0. The number of nitrogens with two attached hydrogens (primary N) is 1. The molecule has 0 saturated heterocycles. The molecule has 23 heavy (non-hydrogen) atoms. The Morgan fingerprint density at radius 1 is 1.35 bits per heavy atom. The van der Waals surface area contributed by atoms with Gasteiger partial charge >= 0.3 is 6.61 Å². The molecule has 1 aliphatic heterocycles. The van der Waals surface area contributed by atoms with E-state index in [0.717, 1.165) is 6.42 Å². The van der Waals surface area contributed by atoms with E-state index in [2.05, 4.69) is 28.9 Å². The van der Waals surface area contributed by atoms with Gasteiger partial charge in [-0.3, -0.25) is 0 Å². The highest BCUT2D eigenvalue weighted by Crippen LogP contribution is 2.38. The van der Waals surface area contributed by atoms with Crippen LogP contribution >= 0.6 is 0 Å². The minimum Gasteiger partial charge on any atom is -0.454 e. The summed E-state index contributed by atoms with van der Waals surface area (Å²) in [6, 6.07) is 2.95. The second kappa shape index (κ2) is 7.85. The smallest absolute Gasteiger partial charge is 0.387 e. The van der Waals surface area contributed by atoms with E-state index in [4.69, 9.17) is 15.2 Å². The molecule has 0 radical (unpaired) electrons. The largest absolute Gasteiger partial charge is 0.454 e. The van der Waals surface area contributed by atoms with Crippen LogP contribution in [-0.4, -0.2) is 25.9 Å². The summed E-state index contributed by atoms with van der Waals surface area (Å²) in [6.45, 7) is 2.13. The maximum atomic E-state index is 12.5. The Bertz CT molecular complexity index is 565. The summed E-state index contributed by atoms with van der Waals surface area (Å²) >= 11 is 0. The average Bonchev–Trinajstić information content (AvgIpc) is 2.90. The summed E-state index contributed by atoms with van der Waals surface area (Å²) in [4.78, 5) is 4.15. The minimum absolute atomic E-state index is 0.00276. The van der Waals surface area contributed by atoms with Gasteiger partial charge in [0.25, 0.3) is 0 Å². The quantitative estimate of drug-likeness (QED) is 0.593. The first kappa shape index (κ1) is 17.1. The molecule has 6 nitrogen and oxygen atoms in total. The Hall–Kier alpha value is -2.25. The molecule has 1 aromatic rings. The molecule has 0 unspecified atom stereocenters. The van der Waals surface area contributed by atoms with Crippen molar-refractivity contribution >= 4 is 5.96 Å². The highest BCUT2D eigenvalue weighted by molar-refractivity contribution is 5.77. The summed E-state index contributed by atoms with van der Waals surface area (Å²) in [5.41, 5.74) is 6.21. The van der Waals surface area contributed by atoms with E-state index in [1.807, 2.05) is 0 Å². The summed E-state index contributed by atoms with van der Waals surface area (Å²) < 4.78 is 40.0. The van der Waals surface area contributed by atoms with Gasteiger partial charge in [-0.15, -0.1) is 0 Å². The van der Waals surface area contributed by atoms with Crippen LogP contribution in [-0.2, 0) is 6.54 Å². The number of alkyl halides is 2. The van der Waals surface area contributed by atoms with E-state index in [0.29, 0.717) is 29.5 Å². The molecule has 0 bridgehead atoms. The molecule has 0 aromatic heterocycles. The topological polar surface area (TPSA) is 78.1 Å². The number of nitrogens with one attached hydrogen (secondary N) is 1. The third kappa shape index (κ3) is 5.15. The van der Waals surface area contributed by atoms with Gasteiger partial charge < -0.3 is 25.3 Å². The third-order valence-electron chi connectivity index (χ3n) is 3.22. The zero-order valence-corrected chi connectivity index (χ0v) is 13.1. The van der Waals surface area contributed by atoms with Crippen LogP contribution in [0.15, 0.2) is 17.1 Å². The molecule has 0 aliphatic carbocycles. The Morgan fingerprint density at radius 2 is 2.04 bits per heavy atom. The van der Waals surface area contributed by atoms with Crippen LogP contribution < -0.4 is 25.3 Å². The van der Waals surface area contributed by atoms with Gasteiger partial charge in [0, 0.05) is 18.2 Å². The second-order valence-corrected chi connectivity index (χ2v) is 5.50. The molecular formula is C15H21F2N3O3. The molecule has 0 amide bonds. The molecule has 0 saturated carbocycles. The summed E-state index contributed by atoms with van der Waals surface area (Å²) in [5.74, 6) is 1.66. The van der Waals surface area contributed by atoms with Crippen molar-refractivity contribution in [1.29, 1.82) is 0 Å². The Balaban J connectivity index is 2.05. The standard InChI is InChI=1S/C15H21F2N3O3/c1-9(2)3-4-19-15(18)20-7-10-5-12-13(22-8-21-12)6-11(10)23-14(16)17/h5-6,9,14H,3-4,7-8H2,1-2H3,(H3,18,19,20). The van der Waals surface area contributed by atoms with Crippen molar-refractivity contribution < 1.29 is 23.0 Å². The molecule has 0 atom stereocenters. The number of hydrogen-bond donors (Lipinski definition) is 2. The van der Waals surface area contributed by atoms with Gasteiger partial charge in [-0.25, -0.2) is 4.99 Å². The van der Waals surface area contributed by atoms with E-state index in [9.17, 15) is 8.78 Å². The summed E-state index contributed by atoms with van der Waals surface area (Å²) in [7, 11) is 0. The molecule has 2 rings (SSSR count). The molecule has 128 valence electrons. The molecule has 0 fully saturated rings. The fourth-order valence-corrected chi connectivity index (χ4v) is 2.01. The van der Waals surface area contributed by atoms with Gasteiger partial charge in [-0.05, 0) is 18.4 Å². The summed E-state index contributed by atoms with van der Waals surface area (Å²) in [6.07, 6.45) is 0.958. The molecular weight excluding hydrogens is 308 g/mol. The lowest BCUT2D eigenvalue weighted by Crippen LogP contribution is -2.32. The number of aliphatic imine (C=N–C) groups is 1. The molecule has 8 heteroatoms. The van der Waals surface area contributed by atoms with Gasteiger partial charge in [0.1, 0.15) is 5.75 Å². The van der Waals surface area contributed by atoms with Crippen molar-refractivity contribution in [3.63, 3.8) is 0 Å². The second-order valence-electron chi connectivity index (χ2n) is 5.50. The number of benzene rings is 1. The number of ether oxygens (including phenoxy) is 3. The van der Waals surface area contributed by atoms with E-state index >= 15 is 0 Å². The maximum absolute atomic E-state index is 12.5. The highest BCUT2D eigenvalue weighted by Gasteiger charge is 2.19. The highest BCUT2D eigenvalue weighted by atomic mass is 19.3. The van der Waals surface area contributed by atoms with Crippen LogP contribution in [0.2, 0.25) is 0 Å². The van der Waals surface area contributed by atoms with Crippen molar-refractivity contribution in [3.8, 4) is 17.2 Å². The van der Waals surface area contributed by atoms with Crippen molar-refractivity contribution in [1.82, 2.24) is 5.32 Å². The fraction of sp³-hybridized carbons (Fsp3) is 0.533. The number of rotatable bonds is 7. The maximum Gasteiger partial charge on any atom is 0.387 e. The zero-order valence-electron chi connectivity index (χ0n) is 13.1. The molecule has 0 spiro atoms. The SMILES string of the molecule is CC(C)CCNC(N)=NCc1cc2c(cc1OC(F)F)OCO2. The first-order valence-electron chi connectivity index (χ1n) is 7.37. The van der Waals surface area contributed by atoms with Gasteiger partial charge in [0.15, 0.2) is 17.5 Å². The van der Waals surface area contributed by atoms with Crippen LogP contribution in [0.4, 0.5) is 8.78 Å². The van der Waals surface area contributed by atoms with Gasteiger partial charge in [0.2, 0.25) is 6.79 Å². The monoisotopic (exact) mass is 329 g/mol. The van der Waals surface area contributed by atoms with Gasteiger partial charge in [-0.2, -0.15) is 8.78 Å². The van der Waals surface area contributed by atoms with E-state index < -0.39 is 6.61 Å². The minimum atomic E-state index is -2.93. The van der Waals surface area contributed by atoms with Crippen molar-refractivity contribution in [2.45, 2.75) is 33.4 Å². The molecule has 1 aromatic carbocycles. The lowest BCUT2D eigenvalue weighted by molar-refractivity contribution is -0.0504. The van der Waals surface area contributed by atoms with Crippen LogP contribution in [0.3, 0.4) is 0 Å². The third-order valence-corrected chi connectivity index (χ3v) is 3.22. The Labute approximate surface area is 133 Å². The van der Waals surface area contributed by atoms with Crippen LogP contribution in [0.5, 0.6) is 17.2 Å². The van der Waals surface area contributed by atoms with E-state index in [-0.39, 0.29) is 25.0 Å². The van der Waals surface area contributed by atoms with Crippen LogP contribution in [0.1, 0.15) is 25.8 Å². The first-order valence-corrected chi connectivity index (χ1v) is 7.37. The number of hydrogen-bond acceptors (Lipinski definition) is 4. The fourth-order valence-electron chi connectivity index (χ4n) is 2.01. The van der Waals surface area contributed by atoms with Crippen LogP contribution in [0.25, 0.3) is 0 Å². The Morgan fingerprint density at radius 3 is 2.70 bits per heavy atom. The predicted octanol–water partition coefficient (Wildman–Crippen LogP) is 2.47. The average molecular weight is 329 g/mol. The Kier molecular flexibility index (Phi) is 5.84. The number of halogens is 2.